The first-order valence-corrected chi connectivity index (χ1v) is 4.32. The Hall–Kier alpha value is -0.860. The van der Waals surface area contributed by atoms with E-state index in [4.69, 9.17) is 11.5 Å². The van der Waals surface area contributed by atoms with Gasteiger partial charge in [-0.2, -0.15) is 0 Å². The van der Waals surface area contributed by atoms with E-state index in [-0.39, 0.29) is 0 Å². The first-order valence-electron chi connectivity index (χ1n) is 4.32. The Kier molecular flexibility index (Phi) is 3.77. The standard InChI is InChI=1S/C7H9N.C3H7N/c8-6-7-4-2-1-3-5-7;4-3-1-2-3/h1-5H,6,8H2;3H,1-2,4H2. The molecule has 0 heterocycles. The van der Waals surface area contributed by atoms with Crippen molar-refractivity contribution in [1.82, 2.24) is 0 Å². The number of benzene rings is 1. The van der Waals surface area contributed by atoms with Crippen LogP contribution in [0.4, 0.5) is 0 Å². The van der Waals surface area contributed by atoms with Gasteiger partial charge >= 0.3 is 0 Å². The summed E-state index contributed by atoms with van der Waals surface area (Å²) in [6.07, 6.45) is 2.53. The van der Waals surface area contributed by atoms with E-state index in [9.17, 15) is 0 Å². The summed E-state index contributed by atoms with van der Waals surface area (Å²) in [5, 5.41) is 0. The Morgan fingerprint density at radius 2 is 1.67 bits per heavy atom. The van der Waals surface area contributed by atoms with Gasteiger partial charge in [0.1, 0.15) is 0 Å². The molecule has 1 saturated carbocycles. The largest absolute Gasteiger partial charge is 0.328 e. The van der Waals surface area contributed by atoms with Crippen molar-refractivity contribution in [3.05, 3.63) is 35.9 Å². The number of rotatable bonds is 1. The van der Waals surface area contributed by atoms with E-state index in [0.717, 1.165) is 0 Å². The predicted molar refractivity (Wildman–Crippen MR) is 51.5 cm³/mol. The Bertz CT molecular complexity index is 204. The van der Waals surface area contributed by atoms with Gasteiger partial charge in [-0.05, 0) is 18.4 Å². The van der Waals surface area contributed by atoms with E-state index < -0.39 is 0 Å². The van der Waals surface area contributed by atoms with Crippen molar-refractivity contribution in [3.63, 3.8) is 0 Å². The zero-order valence-corrected chi connectivity index (χ0v) is 7.24. The van der Waals surface area contributed by atoms with Crippen LogP contribution in [0.25, 0.3) is 0 Å². The van der Waals surface area contributed by atoms with Crippen LogP contribution in [0.15, 0.2) is 30.3 Å². The van der Waals surface area contributed by atoms with Crippen LogP contribution in [-0.4, -0.2) is 6.04 Å². The SMILES string of the molecule is NC1CC1.NCc1ccccc1. The maximum absolute atomic E-state index is 5.35. The van der Waals surface area contributed by atoms with Crippen LogP contribution in [0, 0.1) is 0 Å². The second-order valence-electron chi connectivity index (χ2n) is 3.03. The molecule has 2 nitrogen and oxygen atoms in total. The van der Waals surface area contributed by atoms with Gasteiger partial charge in [-0.15, -0.1) is 0 Å². The van der Waals surface area contributed by atoms with Crippen LogP contribution in [0.2, 0.25) is 0 Å². The van der Waals surface area contributed by atoms with Crippen molar-refractivity contribution < 1.29 is 0 Å². The highest BCUT2D eigenvalue weighted by Crippen LogP contribution is 2.13. The van der Waals surface area contributed by atoms with E-state index in [1.165, 1.54) is 18.4 Å². The number of hydrogen-bond acceptors (Lipinski definition) is 2. The van der Waals surface area contributed by atoms with Crippen molar-refractivity contribution in [2.24, 2.45) is 11.5 Å². The molecule has 12 heavy (non-hydrogen) atoms. The van der Waals surface area contributed by atoms with Gasteiger partial charge in [0.05, 0.1) is 0 Å². The Labute approximate surface area is 73.6 Å². The first kappa shape index (κ1) is 9.23. The molecular weight excluding hydrogens is 148 g/mol. The molecule has 0 saturated heterocycles. The Morgan fingerprint density at radius 3 is 1.92 bits per heavy atom. The van der Waals surface area contributed by atoms with Crippen molar-refractivity contribution in [2.75, 3.05) is 0 Å². The maximum atomic E-state index is 5.35. The van der Waals surface area contributed by atoms with E-state index in [2.05, 4.69) is 0 Å². The smallest absolute Gasteiger partial charge is 0.0178 e. The molecule has 0 amide bonds. The number of hydrogen-bond donors (Lipinski definition) is 2. The van der Waals surface area contributed by atoms with Gasteiger partial charge in [-0.3, -0.25) is 0 Å². The Balaban J connectivity index is 0.000000150. The summed E-state index contributed by atoms with van der Waals surface area (Å²) in [7, 11) is 0. The third-order valence-corrected chi connectivity index (χ3v) is 1.70. The van der Waals surface area contributed by atoms with Gasteiger partial charge in [0.15, 0.2) is 0 Å². The predicted octanol–water partition coefficient (Wildman–Crippen LogP) is 1.25. The van der Waals surface area contributed by atoms with Gasteiger partial charge < -0.3 is 11.5 Å². The summed E-state index contributed by atoms with van der Waals surface area (Å²) < 4.78 is 0. The van der Waals surface area contributed by atoms with E-state index in [1.807, 2.05) is 30.3 Å². The number of nitrogens with two attached hydrogens (primary N) is 2. The van der Waals surface area contributed by atoms with Crippen LogP contribution >= 0.6 is 0 Å². The highest BCUT2D eigenvalue weighted by Gasteiger charge is 2.13. The second kappa shape index (κ2) is 4.91. The zero-order valence-electron chi connectivity index (χ0n) is 7.24. The summed E-state index contributed by atoms with van der Waals surface area (Å²) >= 11 is 0. The summed E-state index contributed by atoms with van der Waals surface area (Å²) in [5.41, 5.74) is 11.8. The minimum Gasteiger partial charge on any atom is -0.328 e. The van der Waals surface area contributed by atoms with Crippen molar-refractivity contribution in [1.29, 1.82) is 0 Å². The summed E-state index contributed by atoms with van der Waals surface area (Å²) in [6.45, 7) is 0.640. The molecular formula is C10H16N2. The molecule has 0 spiro atoms. The highest BCUT2D eigenvalue weighted by atomic mass is 14.7. The molecule has 0 bridgehead atoms. The molecule has 0 atom stereocenters. The van der Waals surface area contributed by atoms with E-state index in [1.54, 1.807) is 0 Å². The van der Waals surface area contributed by atoms with E-state index in [0.29, 0.717) is 12.6 Å². The van der Waals surface area contributed by atoms with Gasteiger partial charge in [-0.1, -0.05) is 30.3 Å². The molecule has 1 aromatic carbocycles. The fourth-order valence-electron chi connectivity index (χ4n) is 0.710. The van der Waals surface area contributed by atoms with Crippen LogP contribution in [-0.2, 0) is 6.54 Å². The monoisotopic (exact) mass is 164 g/mol. The van der Waals surface area contributed by atoms with E-state index >= 15 is 0 Å². The summed E-state index contributed by atoms with van der Waals surface area (Å²) in [5.74, 6) is 0. The van der Waals surface area contributed by atoms with Crippen LogP contribution in [0.1, 0.15) is 18.4 Å². The molecule has 0 unspecified atom stereocenters. The van der Waals surface area contributed by atoms with Crippen molar-refractivity contribution in [2.45, 2.75) is 25.4 Å². The Morgan fingerprint density at radius 1 is 1.17 bits per heavy atom. The van der Waals surface area contributed by atoms with Gasteiger partial charge in [-0.25, -0.2) is 0 Å². The van der Waals surface area contributed by atoms with Crippen LogP contribution in [0.5, 0.6) is 0 Å². The van der Waals surface area contributed by atoms with Gasteiger partial charge in [0.2, 0.25) is 0 Å². The molecule has 0 aliphatic heterocycles. The van der Waals surface area contributed by atoms with Crippen LogP contribution < -0.4 is 11.5 Å². The third-order valence-electron chi connectivity index (χ3n) is 1.70. The molecule has 1 fully saturated rings. The molecule has 1 aliphatic carbocycles. The molecule has 2 heteroatoms. The normalized spacial score (nSPS) is 14.8. The fraction of sp³-hybridized carbons (Fsp3) is 0.400. The molecule has 66 valence electrons. The van der Waals surface area contributed by atoms with Crippen molar-refractivity contribution in [3.8, 4) is 0 Å². The lowest BCUT2D eigenvalue weighted by molar-refractivity contribution is 1.07. The molecule has 4 N–H and O–H groups in total. The quantitative estimate of drug-likeness (QED) is 0.656. The summed E-state index contributed by atoms with van der Waals surface area (Å²) in [6, 6.07) is 10.6. The van der Waals surface area contributed by atoms with Gasteiger partial charge in [0, 0.05) is 12.6 Å². The van der Waals surface area contributed by atoms with Crippen LogP contribution in [0.3, 0.4) is 0 Å². The average molecular weight is 164 g/mol. The molecule has 1 aliphatic rings. The highest BCUT2D eigenvalue weighted by molar-refractivity contribution is 5.13. The molecule has 2 rings (SSSR count). The zero-order chi connectivity index (χ0) is 8.81. The average Bonchev–Trinajstić information content (AvgIpc) is 2.90. The lowest BCUT2D eigenvalue weighted by Gasteiger charge is -1.90. The molecule has 0 aromatic heterocycles. The second-order valence-corrected chi connectivity index (χ2v) is 3.03. The lowest BCUT2D eigenvalue weighted by atomic mass is 10.2. The van der Waals surface area contributed by atoms with Crippen molar-refractivity contribution >= 4 is 0 Å². The topological polar surface area (TPSA) is 52.0 Å². The minimum atomic E-state index is 0.583. The maximum Gasteiger partial charge on any atom is 0.0178 e. The molecule has 1 aromatic rings. The minimum absolute atomic E-state index is 0.583. The third kappa shape index (κ3) is 4.11. The van der Waals surface area contributed by atoms with Gasteiger partial charge in [0.25, 0.3) is 0 Å². The lowest BCUT2D eigenvalue weighted by Crippen LogP contribution is -1.94. The molecule has 0 radical (unpaired) electrons. The first-order chi connectivity index (χ1) is 5.83. The summed E-state index contributed by atoms with van der Waals surface area (Å²) in [4.78, 5) is 0. The fourth-order valence-corrected chi connectivity index (χ4v) is 0.710.